The van der Waals surface area contributed by atoms with Crippen LogP contribution in [-0.4, -0.2) is 60.5 Å². The van der Waals surface area contributed by atoms with Gasteiger partial charge in [-0.05, 0) is 42.4 Å². The van der Waals surface area contributed by atoms with E-state index in [1.165, 1.54) is 0 Å². The highest BCUT2D eigenvalue weighted by Gasteiger charge is 2.42. The summed E-state index contributed by atoms with van der Waals surface area (Å²) < 4.78 is 10.5. The first-order chi connectivity index (χ1) is 12.4. The molecule has 3 rings (SSSR count). The van der Waals surface area contributed by atoms with E-state index in [1.807, 2.05) is 11.0 Å². The van der Waals surface area contributed by atoms with Crippen molar-refractivity contribution < 1.29 is 24.5 Å². The molecule has 2 aliphatic rings. The molecule has 1 saturated heterocycles. The van der Waals surface area contributed by atoms with Gasteiger partial charge in [-0.15, -0.1) is 0 Å². The summed E-state index contributed by atoms with van der Waals surface area (Å²) in [6, 6.07) is 5.00. The van der Waals surface area contributed by atoms with Gasteiger partial charge in [0.15, 0.2) is 11.5 Å². The average Bonchev–Trinajstić information content (AvgIpc) is 3.04. The molecule has 26 heavy (non-hydrogen) atoms. The molecule has 4 N–H and O–H groups in total. The summed E-state index contributed by atoms with van der Waals surface area (Å²) in [4.78, 5) is 14.5. The predicted octanol–water partition coefficient (Wildman–Crippen LogP) is 0.684. The SMILES string of the molecule is COc1ccc(C(N)CC(=O)N2C[C@H]3C[C@H](O)[C@H](O)C[C@H]3C2)cc1OC. The van der Waals surface area contributed by atoms with E-state index in [2.05, 4.69) is 0 Å². The number of fused-ring (bicyclic) bond motifs is 1. The van der Waals surface area contributed by atoms with E-state index >= 15 is 0 Å². The Hall–Kier alpha value is -1.83. The lowest BCUT2D eigenvalue weighted by Gasteiger charge is -2.31. The Bertz CT molecular complexity index is 635. The van der Waals surface area contributed by atoms with E-state index in [1.54, 1.807) is 26.4 Å². The lowest BCUT2D eigenvalue weighted by molar-refractivity contribution is -0.130. The van der Waals surface area contributed by atoms with Crippen LogP contribution < -0.4 is 15.2 Å². The van der Waals surface area contributed by atoms with Gasteiger partial charge in [0.25, 0.3) is 0 Å². The third-order valence-corrected chi connectivity index (χ3v) is 5.69. The van der Waals surface area contributed by atoms with Crippen molar-refractivity contribution in [2.24, 2.45) is 17.6 Å². The number of carbonyl (C=O) groups excluding carboxylic acids is 1. The van der Waals surface area contributed by atoms with Crippen LogP contribution in [0.2, 0.25) is 0 Å². The van der Waals surface area contributed by atoms with E-state index in [-0.39, 0.29) is 24.2 Å². The van der Waals surface area contributed by atoms with Crippen molar-refractivity contribution in [3.63, 3.8) is 0 Å². The van der Waals surface area contributed by atoms with Gasteiger partial charge >= 0.3 is 0 Å². The Morgan fingerprint density at radius 3 is 2.27 bits per heavy atom. The number of ether oxygens (including phenoxy) is 2. The van der Waals surface area contributed by atoms with Gasteiger partial charge in [-0.3, -0.25) is 4.79 Å². The van der Waals surface area contributed by atoms with Crippen LogP contribution in [0.25, 0.3) is 0 Å². The molecule has 0 radical (unpaired) electrons. The second-order valence-electron chi connectivity index (χ2n) is 7.35. The Balaban J connectivity index is 1.61. The molecule has 7 heteroatoms. The van der Waals surface area contributed by atoms with Crippen molar-refractivity contribution in [2.75, 3.05) is 27.3 Å². The highest BCUT2D eigenvalue weighted by atomic mass is 16.5. The maximum Gasteiger partial charge on any atom is 0.224 e. The van der Waals surface area contributed by atoms with Crippen molar-refractivity contribution in [3.8, 4) is 11.5 Å². The molecule has 1 heterocycles. The minimum absolute atomic E-state index is 0.00524. The zero-order chi connectivity index (χ0) is 18.8. The number of nitrogens with two attached hydrogens (primary N) is 1. The van der Waals surface area contributed by atoms with E-state index in [4.69, 9.17) is 15.2 Å². The molecule has 1 saturated carbocycles. The van der Waals surface area contributed by atoms with Crippen molar-refractivity contribution >= 4 is 5.91 Å². The minimum Gasteiger partial charge on any atom is -0.493 e. The molecule has 7 nitrogen and oxygen atoms in total. The molecule has 1 aromatic carbocycles. The van der Waals surface area contributed by atoms with Gasteiger partial charge in [-0.1, -0.05) is 6.07 Å². The summed E-state index contributed by atoms with van der Waals surface area (Å²) in [5, 5.41) is 19.7. The first-order valence-corrected chi connectivity index (χ1v) is 9.04. The van der Waals surface area contributed by atoms with Gasteiger partial charge in [-0.2, -0.15) is 0 Å². The summed E-state index contributed by atoms with van der Waals surface area (Å²) in [5.41, 5.74) is 7.06. The van der Waals surface area contributed by atoms with Crippen LogP contribution in [0.15, 0.2) is 18.2 Å². The number of rotatable bonds is 5. The Kier molecular flexibility index (Phi) is 5.70. The Labute approximate surface area is 153 Å². The number of nitrogens with zero attached hydrogens (tertiary/aromatic N) is 1. The van der Waals surface area contributed by atoms with E-state index in [0.29, 0.717) is 37.4 Å². The molecule has 1 aliphatic heterocycles. The number of hydrogen-bond donors (Lipinski definition) is 3. The maximum absolute atomic E-state index is 12.7. The number of aliphatic hydroxyl groups excluding tert-OH is 2. The summed E-state index contributed by atoms with van der Waals surface area (Å²) >= 11 is 0. The van der Waals surface area contributed by atoms with E-state index in [9.17, 15) is 15.0 Å². The standard InChI is InChI=1S/C19H28N2O5/c1-25-17-4-3-11(7-18(17)26-2)14(20)8-19(24)21-9-12-5-15(22)16(23)6-13(12)10-21/h3-4,7,12-16,22-23H,5-6,8-10,20H2,1-2H3/t12-,13+,14?,15+,16-. The lowest BCUT2D eigenvalue weighted by atomic mass is 9.79. The van der Waals surface area contributed by atoms with Crippen molar-refractivity contribution in [1.82, 2.24) is 4.90 Å². The number of aliphatic hydroxyl groups is 2. The second kappa shape index (κ2) is 7.82. The lowest BCUT2D eigenvalue weighted by Crippen LogP contribution is -2.38. The summed E-state index contributed by atoms with van der Waals surface area (Å²) in [6.07, 6.45) is -0.0463. The number of benzene rings is 1. The molecule has 0 aromatic heterocycles. The van der Waals surface area contributed by atoms with Gasteiger partial charge in [0.1, 0.15) is 0 Å². The fraction of sp³-hybridized carbons (Fsp3) is 0.632. The smallest absolute Gasteiger partial charge is 0.224 e. The third-order valence-electron chi connectivity index (χ3n) is 5.69. The number of carbonyl (C=O) groups is 1. The first kappa shape index (κ1) is 18.9. The second-order valence-corrected chi connectivity index (χ2v) is 7.35. The largest absolute Gasteiger partial charge is 0.493 e. The van der Waals surface area contributed by atoms with Crippen LogP contribution in [0, 0.1) is 11.8 Å². The molecule has 1 amide bonds. The summed E-state index contributed by atoms with van der Waals surface area (Å²) in [7, 11) is 3.13. The van der Waals surface area contributed by atoms with Crippen LogP contribution in [0.4, 0.5) is 0 Å². The van der Waals surface area contributed by atoms with Gasteiger partial charge < -0.3 is 30.3 Å². The first-order valence-electron chi connectivity index (χ1n) is 9.04. The quantitative estimate of drug-likeness (QED) is 0.710. The Morgan fingerprint density at radius 1 is 1.15 bits per heavy atom. The van der Waals surface area contributed by atoms with Gasteiger partial charge in [0.2, 0.25) is 5.91 Å². The normalized spacial score (nSPS) is 29.2. The van der Waals surface area contributed by atoms with Gasteiger partial charge in [0.05, 0.1) is 26.4 Å². The van der Waals surface area contributed by atoms with Crippen molar-refractivity contribution in [1.29, 1.82) is 0 Å². The highest BCUT2D eigenvalue weighted by Crippen LogP contribution is 2.37. The number of methoxy groups -OCH3 is 2. The predicted molar refractivity (Wildman–Crippen MR) is 95.9 cm³/mol. The van der Waals surface area contributed by atoms with E-state index < -0.39 is 18.2 Å². The number of likely N-dealkylation sites (tertiary alicyclic amines) is 1. The fourth-order valence-electron chi connectivity index (χ4n) is 4.13. The molecule has 1 aromatic rings. The summed E-state index contributed by atoms with van der Waals surface area (Å²) in [6.45, 7) is 1.26. The average molecular weight is 364 g/mol. The molecular formula is C19H28N2O5. The van der Waals surface area contributed by atoms with Gasteiger partial charge in [0, 0.05) is 25.6 Å². The molecular weight excluding hydrogens is 336 g/mol. The molecule has 5 atom stereocenters. The zero-order valence-electron chi connectivity index (χ0n) is 15.3. The molecule has 1 unspecified atom stereocenters. The van der Waals surface area contributed by atoms with Gasteiger partial charge in [-0.25, -0.2) is 0 Å². The van der Waals surface area contributed by atoms with Crippen LogP contribution in [0.3, 0.4) is 0 Å². The van der Waals surface area contributed by atoms with Crippen molar-refractivity contribution in [3.05, 3.63) is 23.8 Å². The van der Waals surface area contributed by atoms with Crippen molar-refractivity contribution in [2.45, 2.75) is 37.5 Å². The van der Waals surface area contributed by atoms with Crippen LogP contribution >= 0.6 is 0 Å². The van der Waals surface area contributed by atoms with Crippen LogP contribution in [0.5, 0.6) is 11.5 Å². The Morgan fingerprint density at radius 2 is 1.73 bits per heavy atom. The number of amides is 1. The topological polar surface area (TPSA) is 105 Å². The zero-order valence-corrected chi connectivity index (χ0v) is 15.3. The molecule has 1 aliphatic carbocycles. The van der Waals surface area contributed by atoms with E-state index in [0.717, 1.165) is 5.56 Å². The fourth-order valence-corrected chi connectivity index (χ4v) is 4.13. The van der Waals surface area contributed by atoms with Crippen LogP contribution in [0.1, 0.15) is 30.9 Å². The maximum atomic E-state index is 12.7. The number of hydrogen-bond acceptors (Lipinski definition) is 6. The molecule has 0 spiro atoms. The molecule has 2 fully saturated rings. The molecule has 144 valence electrons. The molecule has 0 bridgehead atoms. The summed E-state index contributed by atoms with van der Waals surface area (Å²) in [5.74, 6) is 1.73. The monoisotopic (exact) mass is 364 g/mol. The van der Waals surface area contributed by atoms with Crippen LogP contribution in [-0.2, 0) is 4.79 Å². The highest BCUT2D eigenvalue weighted by molar-refractivity contribution is 5.77. The third kappa shape index (κ3) is 3.79. The minimum atomic E-state index is -0.680.